The summed E-state index contributed by atoms with van der Waals surface area (Å²) in [6.07, 6.45) is 4.05. The molecule has 3 aromatic rings. The van der Waals surface area contributed by atoms with Crippen molar-refractivity contribution in [3.63, 3.8) is 0 Å². The van der Waals surface area contributed by atoms with Crippen LogP contribution in [-0.2, 0) is 10.3 Å². The van der Waals surface area contributed by atoms with Crippen molar-refractivity contribution >= 4 is 24.7 Å². The Labute approximate surface area is 187 Å². The number of fused-ring (bicyclic) bond motifs is 3. The van der Waals surface area contributed by atoms with E-state index in [1.165, 1.54) is 33.2 Å². The van der Waals surface area contributed by atoms with Gasteiger partial charge in [-0.15, -0.1) is 0 Å². The minimum absolute atomic E-state index is 0.640. The summed E-state index contributed by atoms with van der Waals surface area (Å²) in [6.45, 7) is 15.0. The molecule has 0 saturated heterocycles. The summed E-state index contributed by atoms with van der Waals surface area (Å²) in [5.41, 5.74) is 8.15. The van der Waals surface area contributed by atoms with Gasteiger partial charge in [0.25, 0.3) is 0 Å². The molecule has 0 aromatic heterocycles. The number of hydrogen-bond donors (Lipinski definition) is 0. The van der Waals surface area contributed by atoms with Gasteiger partial charge in [-0.1, -0.05) is 42.5 Å². The second-order valence-electron chi connectivity index (χ2n) is 9.22. The summed E-state index contributed by atoms with van der Waals surface area (Å²) < 4.78 is 12.7. The van der Waals surface area contributed by atoms with Gasteiger partial charge in [-0.2, -0.15) is 0 Å². The standard InChI is InChI=1S/C28H31BO2/c1-16-17(2)19(4)24-23(18(16)3)20(5)25(22-14-15-27(6,29)31-26(22)24)28(7,30-8)21-12-10-9-11-13-21/h9-15H,1-8H3. The van der Waals surface area contributed by atoms with E-state index in [0.29, 0.717) is 0 Å². The third-order valence-electron chi connectivity index (χ3n) is 7.29. The van der Waals surface area contributed by atoms with Crippen molar-refractivity contribution in [1.82, 2.24) is 0 Å². The predicted molar refractivity (Wildman–Crippen MR) is 131 cm³/mol. The molecule has 2 atom stereocenters. The van der Waals surface area contributed by atoms with E-state index in [-0.39, 0.29) is 0 Å². The number of aryl methyl sites for hydroxylation is 3. The van der Waals surface area contributed by atoms with E-state index < -0.39 is 11.1 Å². The molecule has 1 aliphatic rings. The molecule has 0 fully saturated rings. The maximum Gasteiger partial charge on any atom is 0.137 e. The Hall–Kier alpha value is -2.52. The average Bonchev–Trinajstić information content (AvgIpc) is 2.75. The molecule has 1 aliphatic heterocycles. The Balaban J connectivity index is 2.24. The predicted octanol–water partition coefficient (Wildman–Crippen LogP) is 6.58. The summed E-state index contributed by atoms with van der Waals surface area (Å²) in [4.78, 5) is 0. The van der Waals surface area contributed by atoms with Gasteiger partial charge in [0.05, 0.1) is 5.50 Å². The van der Waals surface area contributed by atoms with Gasteiger partial charge < -0.3 is 9.47 Å². The monoisotopic (exact) mass is 410 g/mol. The summed E-state index contributed by atoms with van der Waals surface area (Å²) in [5.74, 6) is 0.853. The van der Waals surface area contributed by atoms with Crippen molar-refractivity contribution in [2.24, 2.45) is 0 Å². The van der Waals surface area contributed by atoms with E-state index in [9.17, 15) is 0 Å². The van der Waals surface area contributed by atoms with Crippen LogP contribution in [0.3, 0.4) is 0 Å². The maximum atomic E-state index is 6.47. The van der Waals surface area contributed by atoms with Crippen LogP contribution in [0.25, 0.3) is 16.8 Å². The number of benzene rings is 3. The molecule has 2 unspecified atom stereocenters. The normalized spacial score (nSPS) is 19.7. The fourth-order valence-electron chi connectivity index (χ4n) is 5.14. The number of rotatable bonds is 3. The second-order valence-corrected chi connectivity index (χ2v) is 9.22. The van der Waals surface area contributed by atoms with E-state index in [0.717, 1.165) is 27.8 Å². The first-order valence-corrected chi connectivity index (χ1v) is 10.9. The lowest BCUT2D eigenvalue weighted by atomic mass is 9.74. The molecule has 0 N–H and O–H groups in total. The van der Waals surface area contributed by atoms with Crippen LogP contribution in [0, 0.1) is 34.6 Å². The maximum absolute atomic E-state index is 6.47. The lowest BCUT2D eigenvalue weighted by Crippen LogP contribution is -2.34. The van der Waals surface area contributed by atoms with Crippen LogP contribution in [0.5, 0.6) is 5.75 Å². The molecule has 31 heavy (non-hydrogen) atoms. The molecular weight excluding hydrogens is 379 g/mol. The lowest BCUT2D eigenvalue weighted by Gasteiger charge is -2.38. The third kappa shape index (κ3) is 3.13. The molecule has 0 spiro atoms. The molecule has 0 aliphatic carbocycles. The van der Waals surface area contributed by atoms with E-state index in [1.807, 2.05) is 19.1 Å². The summed E-state index contributed by atoms with van der Waals surface area (Å²) in [6, 6.07) is 10.4. The highest BCUT2D eigenvalue weighted by atomic mass is 16.5. The van der Waals surface area contributed by atoms with Crippen LogP contribution < -0.4 is 4.74 Å². The third-order valence-corrected chi connectivity index (χ3v) is 7.29. The topological polar surface area (TPSA) is 18.5 Å². The highest BCUT2D eigenvalue weighted by molar-refractivity contribution is 6.17. The van der Waals surface area contributed by atoms with Gasteiger partial charge in [0, 0.05) is 23.6 Å². The van der Waals surface area contributed by atoms with Gasteiger partial charge in [-0.25, -0.2) is 0 Å². The molecular formula is C28H31BO2. The van der Waals surface area contributed by atoms with Crippen LogP contribution in [0.4, 0.5) is 0 Å². The molecule has 1 heterocycles. The van der Waals surface area contributed by atoms with Crippen molar-refractivity contribution in [3.05, 3.63) is 80.9 Å². The van der Waals surface area contributed by atoms with Gasteiger partial charge in [-0.05, 0) is 87.2 Å². The number of methoxy groups -OCH3 is 1. The Morgan fingerprint density at radius 3 is 2.03 bits per heavy atom. The van der Waals surface area contributed by atoms with E-state index in [2.05, 4.69) is 71.9 Å². The molecule has 3 heteroatoms. The van der Waals surface area contributed by atoms with Gasteiger partial charge in [0.1, 0.15) is 19.2 Å². The van der Waals surface area contributed by atoms with E-state index in [1.54, 1.807) is 7.11 Å². The Kier molecular flexibility index (Phi) is 5.09. The molecule has 0 bridgehead atoms. The smallest absolute Gasteiger partial charge is 0.137 e. The van der Waals surface area contributed by atoms with Crippen LogP contribution in [0.15, 0.2) is 36.4 Å². The van der Waals surface area contributed by atoms with Gasteiger partial charge in [-0.3, -0.25) is 0 Å². The van der Waals surface area contributed by atoms with Gasteiger partial charge in [0.2, 0.25) is 0 Å². The molecule has 0 amide bonds. The van der Waals surface area contributed by atoms with E-state index in [4.69, 9.17) is 17.3 Å². The summed E-state index contributed by atoms with van der Waals surface area (Å²) >= 11 is 0. The zero-order chi connectivity index (χ0) is 22.7. The second kappa shape index (κ2) is 7.27. The Morgan fingerprint density at radius 1 is 0.871 bits per heavy atom. The minimum Gasteiger partial charge on any atom is -0.492 e. The summed E-state index contributed by atoms with van der Waals surface area (Å²) in [5, 5.41) is 2.39. The van der Waals surface area contributed by atoms with Crippen LogP contribution in [0.2, 0.25) is 0 Å². The van der Waals surface area contributed by atoms with Gasteiger partial charge in [0.15, 0.2) is 0 Å². The van der Waals surface area contributed by atoms with Crippen LogP contribution in [-0.4, -0.2) is 20.5 Å². The van der Waals surface area contributed by atoms with Crippen molar-refractivity contribution in [2.75, 3.05) is 7.11 Å². The Bertz CT molecular complexity index is 1220. The lowest BCUT2D eigenvalue weighted by molar-refractivity contribution is 0.0381. The fraction of sp³-hybridized carbons (Fsp3) is 0.357. The SMILES string of the molecule is [B]C1(C)C=Cc2c(C(C)(OC)c3ccccc3)c(C)c3c(C)c(C)c(C)c(C)c3c2O1. The van der Waals surface area contributed by atoms with Crippen LogP contribution >= 0.6 is 0 Å². The van der Waals surface area contributed by atoms with Gasteiger partial charge >= 0.3 is 0 Å². The zero-order valence-corrected chi connectivity index (χ0v) is 19.9. The van der Waals surface area contributed by atoms with Crippen molar-refractivity contribution in [2.45, 2.75) is 59.6 Å². The number of hydrogen-bond acceptors (Lipinski definition) is 2. The molecule has 158 valence electrons. The molecule has 3 aromatic carbocycles. The first-order valence-electron chi connectivity index (χ1n) is 10.9. The fourth-order valence-corrected chi connectivity index (χ4v) is 5.14. The first-order chi connectivity index (χ1) is 14.5. The molecule has 2 radical (unpaired) electrons. The number of ether oxygens (including phenoxy) is 2. The Morgan fingerprint density at radius 2 is 1.45 bits per heavy atom. The summed E-state index contributed by atoms with van der Waals surface area (Å²) in [7, 11) is 8.22. The zero-order valence-electron chi connectivity index (χ0n) is 19.9. The first kappa shape index (κ1) is 21.7. The van der Waals surface area contributed by atoms with Crippen molar-refractivity contribution < 1.29 is 9.47 Å². The average molecular weight is 410 g/mol. The van der Waals surface area contributed by atoms with Crippen molar-refractivity contribution in [1.29, 1.82) is 0 Å². The molecule has 0 saturated carbocycles. The molecule has 2 nitrogen and oxygen atoms in total. The molecule has 4 rings (SSSR count). The minimum atomic E-state index is -0.859. The largest absolute Gasteiger partial charge is 0.492 e. The van der Waals surface area contributed by atoms with Crippen LogP contribution in [0.1, 0.15) is 58.4 Å². The van der Waals surface area contributed by atoms with Crippen molar-refractivity contribution in [3.8, 4) is 5.75 Å². The van der Waals surface area contributed by atoms with E-state index >= 15 is 0 Å². The quantitative estimate of drug-likeness (QED) is 0.454. The highest BCUT2D eigenvalue weighted by Gasteiger charge is 2.37. The highest BCUT2D eigenvalue weighted by Crippen LogP contribution is 2.50.